The van der Waals surface area contributed by atoms with Crippen LogP contribution >= 0.6 is 11.3 Å². The number of hydrogen-bond acceptors (Lipinski definition) is 4. The molecule has 1 heterocycles. The largest absolute Gasteiger partial charge is 0.342 e. The van der Waals surface area contributed by atoms with Crippen molar-refractivity contribution in [3.8, 4) is 0 Å². The molecule has 0 saturated carbocycles. The molecule has 0 unspecified atom stereocenters. The number of hydrogen-bond donors (Lipinski definition) is 2. The first-order valence-electron chi connectivity index (χ1n) is 7.54. The van der Waals surface area contributed by atoms with E-state index in [0.717, 1.165) is 12.0 Å². The maximum Gasteiger partial charge on any atom is 0.261 e. The summed E-state index contributed by atoms with van der Waals surface area (Å²) in [5, 5.41) is 4.51. The molecule has 0 spiro atoms. The van der Waals surface area contributed by atoms with Crippen LogP contribution in [0.3, 0.4) is 0 Å². The Bertz CT molecular complexity index is 614. The molecule has 6 heteroatoms. The zero-order valence-electron chi connectivity index (χ0n) is 12.9. The molecule has 0 aliphatic rings. The number of rotatable bonds is 8. The van der Waals surface area contributed by atoms with E-state index < -0.39 is 0 Å². The van der Waals surface area contributed by atoms with Crippen LogP contribution in [0.15, 0.2) is 47.8 Å². The van der Waals surface area contributed by atoms with Gasteiger partial charge in [-0.05, 0) is 30.0 Å². The average Bonchev–Trinajstić information content (AvgIpc) is 3.11. The van der Waals surface area contributed by atoms with Crippen LogP contribution in [0.25, 0.3) is 0 Å². The molecule has 0 saturated heterocycles. The van der Waals surface area contributed by atoms with Crippen molar-refractivity contribution in [2.45, 2.75) is 13.0 Å². The molecule has 0 aliphatic heterocycles. The van der Waals surface area contributed by atoms with Crippen LogP contribution in [0, 0.1) is 0 Å². The Morgan fingerprint density at radius 3 is 2.57 bits per heavy atom. The minimum atomic E-state index is -0.216. The van der Waals surface area contributed by atoms with E-state index in [1.54, 1.807) is 11.0 Å². The van der Waals surface area contributed by atoms with Gasteiger partial charge in [0.05, 0.1) is 11.4 Å². The lowest BCUT2D eigenvalue weighted by molar-refractivity contribution is -0.130. The lowest BCUT2D eigenvalue weighted by Crippen LogP contribution is -2.40. The quantitative estimate of drug-likeness (QED) is 0.775. The molecule has 0 radical (unpaired) electrons. The Hall–Kier alpha value is -2.18. The van der Waals surface area contributed by atoms with Crippen molar-refractivity contribution in [2.24, 2.45) is 5.73 Å². The number of benzene rings is 1. The summed E-state index contributed by atoms with van der Waals surface area (Å²) in [5.41, 5.74) is 6.61. The summed E-state index contributed by atoms with van der Waals surface area (Å²) in [6.45, 7) is 1.63. The van der Waals surface area contributed by atoms with Crippen molar-refractivity contribution in [2.75, 3.05) is 19.6 Å². The number of thiophene rings is 1. The van der Waals surface area contributed by atoms with E-state index in [-0.39, 0.29) is 18.4 Å². The number of nitrogens with one attached hydrogen (secondary N) is 1. The molecule has 0 bridgehead atoms. The van der Waals surface area contributed by atoms with Crippen LogP contribution in [0.4, 0.5) is 0 Å². The van der Waals surface area contributed by atoms with Gasteiger partial charge in [0.2, 0.25) is 5.91 Å². The highest BCUT2D eigenvalue weighted by molar-refractivity contribution is 7.12. The third-order valence-electron chi connectivity index (χ3n) is 3.35. The normalized spacial score (nSPS) is 10.3. The second-order valence-corrected chi connectivity index (χ2v) is 6.05. The first-order chi connectivity index (χ1) is 11.2. The van der Waals surface area contributed by atoms with Crippen molar-refractivity contribution >= 4 is 23.2 Å². The topological polar surface area (TPSA) is 75.4 Å². The van der Waals surface area contributed by atoms with E-state index in [1.165, 1.54) is 11.3 Å². The Morgan fingerprint density at radius 1 is 1.13 bits per heavy atom. The van der Waals surface area contributed by atoms with Gasteiger partial charge in [0.15, 0.2) is 0 Å². The Labute approximate surface area is 140 Å². The molecule has 0 aliphatic carbocycles. The van der Waals surface area contributed by atoms with E-state index in [0.29, 0.717) is 24.5 Å². The maximum absolute atomic E-state index is 12.4. The number of carbonyl (C=O) groups is 2. The number of nitrogens with zero attached hydrogens (tertiary/aromatic N) is 1. The van der Waals surface area contributed by atoms with Crippen molar-refractivity contribution in [1.82, 2.24) is 10.2 Å². The minimum absolute atomic E-state index is 0.00582. The molecule has 0 fully saturated rings. The predicted molar refractivity (Wildman–Crippen MR) is 92.2 cm³/mol. The molecule has 1 aromatic heterocycles. The summed E-state index contributed by atoms with van der Waals surface area (Å²) in [4.78, 5) is 26.7. The summed E-state index contributed by atoms with van der Waals surface area (Å²) < 4.78 is 0. The first kappa shape index (κ1) is 17.2. The van der Waals surface area contributed by atoms with Crippen LogP contribution in [-0.4, -0.2) is 36.3 Å². The Kier molecular flexibility index (Phi) is 6.77. The Balaban J connectivity index is 1.92. The van der Waals surface area contributed by atoms with Crippen molar-refractivity contribution in [3.05, 3.63) is 58.3 Å². The summed E-state index contributed by atoms with van der Waals surface area (Å²) in [5.74, 6) is -0.320. The van der Waals surface area contributed by atoms with E-state index >= 15 is 0 Å². The summed E-state index contributed by atoms with van der Waals surface area (Å²) in [7, 11) is 0. The molecular formula is C17H21N3O2S. The highest BCUT2D eigenvalue weighted by atomic mass is 32.1. The third-order valence-corrected chi connectivity index (χ3v) is 4.21. The molecule has 1 aromatic carbocycles. The minimum Gasteiger partial charge on any atom is -0.342 e. The Morgan fingerprint density at radius 2 is 1.91 bits per heavy atom. The number of amides is 2. The van der Waals surface area contributed by atoms with Gasteiger partial charge in [-0.3, -0.25) is 9.59 Å². The molecule has 2 rings (SSSR count). The summed E-state index contributed by atoms with van der Waals surface area (Å²) >= 11 is 1.35. The lowest BCUT2D eigenvalue weighted by Gasteiger charge is -2.23. The van der Waals surface area contributed by atoms with E-state index in [1.807, 2.05) is 41.8 Å². The third kappa shape index (κ3) is 5.50. The molecule has 3 N–H and O–H groups in total. The van der Waals surface area contributed by atoms with E-state index in [2.05, 4.69) is 5.32 Å². The van der Waals surface area contributed by atoms with Gasteiger partial charge in [-0.1, -0.05) is 36.4 Å². The van der Waals surface area contributed by atoms with Gasteiger partial charge in [0, 0.05) is 13.1 Å². The van der Waals surface area contributed by atoms with Crippen molar-refractivity contribution in [1.29, 1.82) is 0 Å². The number of nitrogens with two attached hydrogens (primary N) is 1. The number of carbonyl (C=O) groups excluding carboxylic acids is 2. The van der Waals surface area contributed by atoms with Crippen molar-refractivity contribution < 1.29 is 9.59 Å². The molecular weight excluding hydrogens is 310 g/mol. The smallest absolute Gasteiger partial charge is 0.261 e. The summed E-state index contributed by atoms with van der Waals surface area (Å²) in [6, 6.07) is 13.3. The van der Waals surface area contributed by atoms with Crippen LogP contribution in [0.5, 0.6) is 0 Å². The SMILES string of the molecule is NCCCN(Cc1ccccc1)C(=O)CNC(=O)c1cccs1. The van der Waals surface area contributed by atoms with Gasteiger partial charge >= 0.3 is 0 Å². The molecule has 2 aromatic rings. The average molecular weight is 331 g/mol. The van der Waals surface area contributed by atoms with E-state index in [4.69, 9.17) is 5.73 Å². The van der Waals surface area contributed by atoms with E-state index in [9.17, 15) is 9.59 Å². The highest BCUT2D eigenvalue weighted by Crippen LogP contribution is 2.08. The molecule has 5 nitrogen and oxygen atoms in total. The zero-order chi connectivity index (χ0) is 16.5. The highest BCUT2D eigenvalue weighted by Gasteiger charge is 2.15. The fourth-order valence-corrected chi connectivity index (χ4v) is 2.78. The van der Waals surface area contributed by atoms with Crippen LogP contribution in [0.2, 0.25) is 0 Å². The molecule has 122 valence electrons. The zero-order valence-corrected chi connectivity index (χ0v) is 13.7. The van der Waals surface area contributed by atoms with Gasteiger partial charge in [-0.15, -0.1) is 11.3 Å². The molecule has 2 amide bonds. The van der Waals surface area contributed by atoms with Gasteiger partial charge in [-0.25, -0.2) is 0 Å². The first-order valence-corrected chi connectivity index (χ1v) is 8.42. The van der Waals surface area contributed by atoms with Crippen LogP contribution in [-0.2, 0) is 11.3 Å². The predicted octanol–water partition coefficient (Wildman–Crippen LogP) is 1.86. The monoisotopic (exact) mass is 331 g/mol. The second kappa shape index (κ2) is 9.07. The lowest BCUT2D eigenvalue weighted by atomic mass is 10.2. The summed E-state index contributed by atoms with van der Waals surface area (Å²) in [6.07, 6.45) is 0.734. The standard InChI is InChI=1S/C17H21N3O2S/c18-9-5-10-20(13-14-6-2-1-3-7-14)16(21)12-19-17(22)15-8-4-11-23-15/h1-4,6-8,11H,5,9-10,12-13,18H2,(H,19,22). The van der Waals surface area contributed by atoms with Crippen LogP contribution in [0.1, 0.15) is 21.7 Å². The fraction of sp³-hybridized carbons (Fsp3) is 0.294. The van der Waals surface area contributed by atoms with Crippen LogP contribution < -0.4 is 11.1 Å². The fourth-order valence-electron chi connectivity index (χ4n) is 2.14. The van der Waals surface area contributed by atoms with Gasteiger partial charge in [0.1, 0.15) is 0 Å². The van der Waals surface area contributed by atoms with Crippen molar-refractivity contribution in [3.63, 3.8) is 0 Å². The van der Waals surface area contributed by atoms with Gasteiger partial charge in [-0.2, -0.15) is 0 Å². The maximum atomic E-state index is 12.4. The van der Waals surface area contributed by atoms with Gasteiger partial charge in [0.25, 0.3) is 5.91 Å². The van der Waals surface area contributed by atoms with Gasteiger partial charge < -0.3 is 16.0 Å². The molecule has 23 heavy (non-hydrogen) atoms. The second-order valence-electron chi connectivity index (χ2n) is 5.10. The molecule has 0 atom stereocenters.